The van der Waals surface area contributed by atoms with E-state index in [4.69, 9.17) is 0 Å². The fourth-order valence-electron chi connectivity index (χ4n) is 3.37. The third-order valence-corrected chi connectivity index (χ3v) is 4.91. The first-order chi connectivity index (χ1) is 13.9. The molecule has 2 aromatic heterocycles. The number of aromatic nitrogens is 4. The molecule has 1 aromatic carbocycles. The molecule has 2 unspecified atom stereocenters. The number of anilines is 1. The summed E-state index contributed by atoms with van der Waals surface area (Å²) in [6.45, 7) is 0.802. The van der Waals surface area contributed by atoms with Crippen LogP contribution in [0.1, 0.15) is 23.9 Å². The van der Waals surface area contributed by atoms with Crippen LogP contribution in [0.3, 0.4) is 0 Å². The van der Waals surface area contributed by atoms with E-state index in [0.29, 0.717) is 30.2 Å². The molecule has 1 aliphatic heterocycles. The summed E-state index contributed by atoms with van der Waals surface area (Å²) in [7, 11) is 1.64. The molecule has 0 aliphatic carbocycles. The van der Waals surface area contributed by atoms with Gasteiger partial charge in [0.1, 0.15) is 5.69 Å². The molecule has 2 N–H and O–H groups in total. The number of amides is 1. The number of carbonyl (C=O) groups is 1. The number of rotatable bonds is 5. The average molecular weight is 402 g/mol. The van der Waals surface area contributed by atoms with E-state index in [9.17, 15) is 18.7 Å². The predicted octanol–water partition coefficient (Wildman–Crippen LogP) is 1.42. The van der Waals surface area contributed by atoms with Crippen LogP contribution in [0.15, 0.2) is 42.9 Å². The summed E-state index contributed by atoms with van der Waals surface area (Å²) in [5.74, 6) is -1.47. The second-order valence-corrected chi connectivity index (χ2v) is 6.91. The molecule has 3 heterocycles. The third kappa shape index (κ3) is 3.89. The number of aliphatic hydroxyl groups is 1. The van der Waals surface area contributed by atoms with E-state index < -0.39 is 23.9 Å². The molecule has 0 saturated heterocycles. The number of fused-ring (bicyclic) bond motifs is 1. The molecule has 0 spiro atoms. The van der Waals surface area contributed by atoms with Crippen LogP contribution < -0.4 is 10.2 Å². The molecule has 2 atom stereocenters. The molecule has 0 radical (unpaired) electrons. The first-order valence-corrected chi connectivity index (χ1v) is 9.12. The van der Waals surface area contributed by atoms with Gasteiger partial charge in [-0.2, -0.15) is 5.10 Å². The highest BCUT2D eigenvalue weighted by atomic mass is 19.2. The van der Waals surface area contributed by atoms with Crippen LogP contribution in [0.2, 0.25) is 0 Å². The molecule has 1 aliphatic rings. The van der Waals surface area contributed by atoms with Crippen molar-refractivity contribution in [1.29, 1.82) is 0 Å². The second-order valence-electron chi connectivity index (χ2n) is 6.91. The summed E-state index contributed by atoms with van der Waals surface area (Å²) >= 11 is 0. The lowest BCUT2D eigenvalue weighted by Crippen LogP contribution is -2.46. The van der Waals surface area contributed by atoms with Crippen molar-refractivity contribution in [3.8, 4) is 0 Å². The van der Waals surface area contributed by atoms with Crippen molar-refractivity contribution in [3.63, 3.8) is 0 Å². The van der Waals surface area contributed by atoms with Gasteiger partial charge in [-0.15, -0.1) is 0 Å². The van der Waals surface area contributed by atoms with Crippen molar-refractivity contribution in [3.05, 3.63) is 65.7 Å². The zero-order valence-corrected chi connectivity index (χ0v) is 15.7. The summed E-state index contributed by atoms with van der Waals surface area (Å²) in [5, 5.41) is 17.7. The van der Waals surface area contributed by atoms with E-state index >= 15 is 0 Å². The number of benzene rings is 1. The van der Waals surface area contributed by atoms with Crippen molar-refractivity contribution in [2.24, 2.45) is 0 Å². The van der Waals surface area contributed by atoms with Gasteiger partial charge in [-0.05, 0) is 30.2 Å². The van der Waals surface area contributed by atoms with E-state index in [-0.39, 0.29) is 12.5 Å². The summed E-state index contributed by atoms with van der Waals surface area (Å²) in [6, 6.07) is 4.64. The molecule has 3 aromatic rings. The first-order valence-electron chi connectivity index (χ1n) is 9.12. The highest BCUT2D eigenvalue weighted by Gasteiger charge is 2.30. The zero-order valence-electron chi connectivity index (χ0n) is 15.7. The molecule has 10 heteroatoms. The summed E-state index contributed by atoms with van der Waals surface area (Å²) in [4.78, 5) is 18.3. The fourth-order valence-corrected chi connectivity index (χ4v) is 3.37. The summed E-state index contributed by atoms with van der Waals surface area (Å²) < 4.78 is 29.8. The van der Waals surface area contributed by atoms with Crippen LogP contribution in [0, 0.1) is 11.6 Å². The van der Waals surface area contributed by atoms with E-state index in [1.54, 1.807) is 31.7 Å². The maximum Gasteiger partial charge on any atom is 0.246 e. The van der Waals surface area contributed by atoms with Crippen LogP contribution in [0.5, 0.6) is 0 Å². The average Bonchev–Trinajstić information content (AvgIpc) is 3.34. The second kappa shape index (κ2) is 7.72. The van der Waals surface area contributed by atoms with Gasteiger partial charge in [0, 0.05) is 32.2 Å². The van der Waals surface area contributed by atoms with E-state index in [1.807, 2.05) is 4.57 Å². The minimum atomic E-state index is -1.16. The van der Waals surface area contributed by atoms with E-state index in [2.05, 4.69) is 15.4 Å². The Kier molecular flexibility index (Phi) is 5.12. The summed E-state index contributed by atoms with van der Waals surface area (Å²) in [6.07, 6.45) is 4.39. The highest BCUT2D eigenvalue weighted by molar-refractivity contribution is 5.95. The quantitative estimate of drug-likeness (QED) is 0.631. The molecule has 152 valence electrons. The van der Waals surface area contributed by atoms with Gasteiger partial charge >= 0.3 is 0 Å². The van der Waals surface area contributed by atoms with Gasteiger partial charge < -0.3 is 9.67 Å². The Morgan fingerprint density at radius 1 is 1.28 bits per heavy atom. The smallest absolute Gasteiger partial charge is 0.246 e. The van der Waals surface area contributed by atoms with Crippen molar-refractivity contribution in [2.45, 2.75) is 31.8 Å². The Labute approximate surface area is 165 Å². The standard InChI is InChI=1S/C19H20F2N6O2/c1-25-18(29)16(4-7-26-9-6-22-19(25)26)23-17(28)15-5-8-27(24-15)11-12-2-3-13(20)14(21)10-12/h2-3,5-6,8-10,16-17,23,28H,4,7,11H2,1H3. The monoisotopic (exact) mass is 402 g/mol. The van der Waals surface area contributed by atoms with Crippen LogP contribution in [-0.4, -0.2) is 43.4 Å². The Hall–Kier alpha value is -3.11. The van der Waals surface area contributed by atoms with Crippen LogP contribution in [0.25, 0.3) is 0 Å². The van der Waals surface area contributed by atoms with Crippen molar-refractivity contribution < 1.29 is 18.7 Å². The Balaban J connectivity index is 1.42. The molecule has 8 nitrogen and oxygen atoms in total. The van der Waals surface area contributed by atoms with Crippen LogP contribution in [0.4, 0.5) is 14.7 Å². The van der Waals surface area contributed by atoms with Crippen LogP contribution >= 0.6 is 0 Å². The number of nitrogens with zero attached hydrogens (tertiary/aromatic N) is 5. The Bertz CT molecular complexity index is 1030. The zero-order chi connectivity index (χ0) is 20.5. The number of carbonyl (C=O) groups excluding carboxylic acids is 1. The van der Waals surface area contributed by atoms with Gasteiger partial charge in [-0.3, -0.25) is 19.7 Å². The number of hydrogen-bond donors (Lipinski definition) is 2. The van der Waals surface area contributed by atoms with Crippen molar-refractivity contribution >= 4 is 11.9 Å². The number of nitrogens with one attached hydrogen (secondary N) is 1. The third-order valence-electron chi connectivity index (χ3n) is 4.91. The van der Waals surface area contributed by atoms with Crippen molar-refractivity contribution in [2.75, 3.05) is 11.9 Å². The van der Waals surface area contributed by atoms with Gasteiger partial charge in [-0.1, -0.05) is 6.07 Å². The maximum absolute atomic E-state index is 13.4. The predicted molar refractivity (Wildman–Crippen MR) is 99.8 cm³/mol. The number of halogens is 2. The van der Waals surface area contributed by atoms with E-state index in [0.717, 1.165) is 12.1 Å². The number of likely N-dealkylation sites (N-methyl/N-ethyl adjacent to an activating group) is 1. The van der Waals surface area contributed by atoms with Crippen molar-refractivity contribution in [1.82, 2.24) is 24.6 Å². The minimum Gasteiger partial charge on any atom is -0.373 e. The maximum atomic E-state index is 13.4. The molecule has 4 rings (SSSR count). The molecule has 1 amide bonds. The lowest BCUT2D eigenvalue weighted by molar-refractivity contribution is -0.121. The molecular weight excluding hydrogens is 382 g/mol. The number of hydrogen-bond acceptors (Lipinski definition) is 5. The van der Waals surface area contributed by atoms with Gasteiger partial charge in [-0.25, -0.2) is 13.8 Å². The van der Waals surface area contributed by atoms with Gasteiger partial charge in [0.05, 0.1) is 12.6 Å². The van der Waals surface area contributed by atoms with Gasteiger partial charge in [0.25, 0.3) is 0 Å². The SMILES string of the molecule is CN1C(=O)C(NC(O)c2ccn(Cc3ccc(F)c(F)c3)n2)CCn2ccnc21. The highest BCUT2D eigenvalue weighted by Crippen LogP contribution is 2.19. The number of imidazole rings is 1. The van der Waals surface area contributed by atoms with Gasteiger partial charge in [0.15, 0.2) is 17.9 Å². The first kappa shape index (κ1) is 19.2. The molecular formula is C19H20F2N6O2. The van der Waals surface area contributed by atoms with E-state index in [1.165, 1.54) is 15.6 Å². The number of aryl methyl sites for hydroxylation is 1. The summed E-state index contributed by atoms with van der Waals surface area (Å²) in [5.41, 5.74) is 0.862. The fraction of sp³-hybridized carbons (Fsp3) is 0.316. The largest absolute Gasteiger partial charge is 0.373 e. The molecule has 29 heavy (non-hydrogen) atoms. The lowest BCUT2D eigenvalue weighted by atomic mass is 10.1. The topological polar surface area (TPSA) is 88.2 Å². The molecule has 0 fully saturated rings. The Morgan fingerprint density at radius 3 is 2.90 bits per heavy atom. The molecule has 0 saturated carbocycles. The normalized spacial score (nSPS) is 17.9. The number of aliphatic hydroxyl groups excluding tert-OH is 1. The Morgan fingerprint density at radius 2 is 2.10 bits per heavy atom. The van der Waals surface area contributed by atoms with Gasteiger partial charge in [0.2, 0.25) is 11.9 Å². The molecule has 0 bridgehead atoms. The lowest BCUT2D eigenvalue weighted by Gasteiger charge is -2.22. The van der Waals surface area contributed by atoms with Crippen LogP contribution in [-0.2, 0) is 17.9 Å². The minimum absolute atomic E-state index is 0.199.